The summed E-state index contributed by atoms with van der Waals surface area (Å²) in [6, 6.07) is 15.9. The maximum Gasteiger partial charge on any atom is 0.351 e. The molecule has 134 valence electrons. The first-order chi connectivity index (χ1) is 13.1. The summed E-state index contributed by atoms with van der Waals surface area (Å²) in [6.45, 7) is 1.69. The van der Waals surface area contributed by atoms with Crippen molar-refractivity contribution in [3.05, 3.63) is 82.0 Å². The minimum Gasteiger partial charge on any atom is -0.452 e. The number of rotatable bonds is 4. The number of fused-ring (bicyclic) bond motifs is 1. The Bertz CT molecular complexity index is 1190. The highest BCUT2D eigenvalue weighted by atomic mass is 16.6. The molecular weight excluding hydrogens is 348 g/mol. The van der Waals surface area contributed by atoms with Gasteiger partial charge >= 0.3 is 11.6 Å². The Morgan fingerprint density at radius 2 is 1.89 bits per heavy atom. The molecule has 2 aromatic carbocycles. The van der Waals surface area contributed by atoms with E-state index >= 15 is 0 Å². The van der Waals surface area contributed by atoms with Crippen LogP contribution in [0.5, 0.6) is 0 Å². The van der Waals surface area contributed by atoms with Gasteiger partial charge in [0.15, 0.2) is 6.61 Å². The third-order valence-electron chi connectivity index (χ3n) is 4.04. The molecule has 0 amide bonds. The molecule has 27 heavy (non-hydrogen) atoms. The highest BCUT2D eigenvalue weighted by Crippen LogP contribution is 2.20. The van der Waals surface area contributed by atoms with Crippen LogP contribution in [-0.2, 0) is 11.3 Å². The van der Waals surface area contributed by atoms with E-state index < -0.39 is 11.6 Å². The molecule has 0 N–H and O–H groups in total. The lowest BCUT2D eigenvalue weighted by molar-refractivity contribution is 0.0425. The molecular formula is C20H14N2O5. The first-order valence-electron chi connectivity index (χ1n) is 8.20. The number of aromatic nitrogens is 2. The zero-order valence-electron chi connectivity index (χ0n) is 14.3. The van der Waals surface area contributed by atoms with Crippen molar-refractivity contribution in [2.24, 2.45) is 0 Å². The second-order valence-electron chi connectivity index (χ2n) is 5.89. The maximum atomic E-state index is 12.2. The van der Waals surface area contributed by atoms with Crippen molar-refractivity contribution in [1.82, 2.24) is 10.1 Å². The highest BCUT2D eigenvalue weighted by Gasteiger charge is 2.17. The summed E-state index contributed by atoms with van der Waals surface area (Å²) in [5, 5.41) is 4.53. The lowest BCUT2D eigenvalue weighted by Crippen LogP contribution is -2.16. The van der Waals surface area contributed by atoms with Crippen molar-refractivity contribution in [2.45, 2.75) is 13.5 Å². The number of hydrogen-bond donors (Lipinski definition) is 0. The number of benzene rings is 2. The van der Waals surface area contributed by atoms with E-state index in [-0.39, 0.29) is 18.1 Å². The van der Waals surface area contributed by atoms with E-state index in [1.165, 1.54) is 6.07 Å². The van der Waals surface area contributed by atoms with Crippen molar-refractivity contribution in [3.8, 4) is 11.4 Å². The molecule has 0 radical (unpaired) electrons. The third-order valence-corrected chi connectivity index (χ3v) is 4.04. The third kappa shape index (κ3) is 3.35. The standard InChI is InChI=1S/C20H14N2O5/c1-12-6-2-4-8-14(12)18-21-17(27-22-18)11-25-19(23)15-10-13-7-3-5-9-16(13)26-20(15)24/h2-10H,11H2,1H3. The van der Waals surface area contributed by atoms with Crippen molar-refractivity contribution < 1.29 is 18.5 Å². The van der Waals surface area contributed by atoms with Gasteiger partial charge in [-0.05, 0) is 24.6 Å². The van der Waals surface area contributed by atoms with Gasteiger partial charge in [-0.15, -0.1) is 0 Å². The number of carbonyl (C=O) groups excluding carboxylic acids is 1. The first kappa shape index (κ1) is 16.7. The van der Waals surface area contributed by atoms with Gasteiger partial charge in [0, 0.05) is 10.9 Å². The van der Waals surface area contributed by atoms with Crippen LogP contribution in [0.15, 0.2) is 68.3 Å². The molecule has 0 atom stereocenters. The van der Waals surface area contributed by atoms with E-state index in [4.69, 9.17) is 13.7 Å². The van der Waals surface area contributed by atoms with Gasteiger partial charge in [-0.25, -0.2) is 9.59 Å². The van der Waals surface area contributed by atoms with Crippen molar-refractivity contribution in [1.29, 1.82) is 0 Å². The van der Waals surface area contributed by atoms with Gasteiger partial charge in [-0.2, -0.15) is 4.98 Å². The van der Waals surface area contributed by atoms with Gasteiger partial charge in [0.2, 0.25) is 5.82 Å². The number of nitrogens with zero attached hydrogens (tertiary/aromatic N) is 2. The van der Waals surface area contributed by atoms with Gasteiger partial charge < -0.3 is 13.7 Å². The van der Waals surface area contributed by atoms with E-state index in [0.29, 0.717) is 16.8 Å². The minimum absolute atomic E-state index is 0.131. The Hall–Kier alpha value is -3.74. The highest BCUT2D eigenvalue weighted by molar-refractivity contribution is 5.92. The molecule has 2 heterocycles. The predicted octanol–water partition coefficient (Wildman–Crippen LogP) is 3.51. The monoisotopic (exact) mass is 362 g/mol. The Labute approximate surface area is 153 Å². The molecule has 4 aromatic rings. The molecule has 7 nitrogen and oxygen atoms in total. The number of aryl methyl sites for hydroxylation is 1. The number of para-hydroxylation sites is 1. The largest absolute Gasteiger partial charge is 0.452 e. The lowest BCUT2D eigenvalue weighted by atomic mass is 10.1. The number of carbonyl (C=O) groups is 1. The topological polar surface area (TPSA) is 95.4 Å². The Morgan fingerprint density at radius 3 is 2.74 bits per heavy atom. The van der Waals surface area contributed by atoms with Crippen LogP contribution in [0, 0.1) is 6.92 Å². The molecule has 0 bridgehead atoms. The van der Waals surface area contributed by atoms with Crippen LogP contribution >= 0.6 is 0 Å². The molecule has 7 heteroatoms. The summed E-state index contributed by atoms with van der Waals surface area (Å²) in [5.41, 5.74) is 1.28. The molecule has 0 fully saturated rings. The van der Waals surface area contributed by atoms with E-state index in [2.05, 4.69) is 10.1 Å². The van der Waals surface area contributed by atoms with Crippen LogP contribution < -0.4 is 5.63 Å². The van der Waals surface area contributed by atoms with Crippen LogP contribution in [0.2, 0.25) is 0 Å². The lowest BCUT2D eigenvalue weighted by Gasteiger charge is -2.02. The average Bonchev–Trinajstić information content (AvgIpc) is 3.14. The Kier molecular flexibility index (Phi) is 4.25. The fraction of sp³-hybridized carbons (Fsp3) is 0.100. The molecule has 0 saturated heterocycles. The molecule has 0 saturated carbocycles. The second-order valence-corrected chi connectivity index (χ2v) is 5.89. The fourth-order valence-corrected chi connectivity index (χ4v) is 2.66. The van der Waals surface area contributed by atoms with Crippen LogP contribution in [0.1, 0.15) is 21.8 Å². The van der Waals surface area contributed by atoms with E-state index in [1.54, 1.807) is 24.3 Å². The second kappa shape index (κ2) is 6.87. The smallest absolute Gasteiger partial charge is 0.351 e. The molecule has 2 aromatic heterocycles. The molecule has 0 aliphatic rings. The van der Waals surface area contributed by atoms with Crippen LogP contribution in [-0.4, -0.2) is 16.1 Å². The summed E-state index contributed by atoms with van der Waals surface area (Å²) < 4.78 is 15.4. The normalized spacial score (nSPS) is 10.9. The minimum atomic E-state index is -0.815. The Balaban J connectivity index is 1.51. The van der Waals surface area contributed by atoms with E-state index in [0.717, 1.165) is 11.1 Å². The van der Waals surface area contributed by atoms with Gasteiger partial charge in [-0.3, -0.25) is 0 Å². The number of ether oxygens (including phenoxy) is 1. The SMILES string of the molecule is Cc1ccccc1-c1noc(COC(=O)c2cc3ccccc3oc2=O)n1. The quantitative estimate of drug-likeness (QED) is 0.405. The van der Waals surface area contributed by atoms with Gasteiger partial charge in [0.1, 0.15) is 11.1 Å². The fourth-order valence-electron chi connectivity index (χ4n) is 2.66. The maximum absolute atomic E-state index is 12.2. The van der Waals surface area contributed by atoms with E-state index in [1.807, 2.05) is 31.2 Å². The molecule has 0 unspecified atom stereocenters. The molecule has 4 rings (SSSR count). The zero-order chi connectivity index (χ0) is 18.8. The van der Waals surface area contributed by atoms with Gasteiger partial charge in [0.05, 0.1) is 0 Å². The summed E-state index contributed by atoms with van der Waals surface area (Å²) in [4.78, 5) is 28.5. The molecule has 0 aliphatic heterocycles. The van der Waals surface area contributed by atoms with Crippen LogP contribution in [0.3, 0.4) is 0 Å². The van der Waals surface area contributed by atoms with Crippen molar-refractivity contribution in [2.75, 3.05) is 0 Å². The summed E-state index contributed by atoms with van der Waals surface area (Å²) in [5.74, 6) is -0.277. The summed E-state index contributed by atoms with van der Waals surface area (Å²) in [7, 11) is 0. The number of hydrogen-bond acceptors (Lipinski definition) is 7. The average molecular weight is 362 g/mol. The van der Waals surface area contributed by atoms with Crippen molar-refractivity contribution in [3.63, 3.8) is 0 Å². The Morgan fingerprint density at radius 1 is 1.11 bits per heavy atom. The van der Waals surface area contributed by atoms with Crippen molar-refractivity contribution >= 4 is 16.9 Å². The number of esters is 1. The summed E-state index contributed by atoms with van der Waals surface area (Å²) >= 11 is 0. The van der Waals surface area contributed by atoms with Gasteiger partial charge in [-0.1, -0.05) is 47.6 Å². The van der Waals surface area contributed by atoms with Crippen LogP contribution in [0.4, 0.5) is 0 Å². The van der Waals surface area contributed by atoms with Crippen LogP contribution in [0.25, 0.3) is 22.4 Å². The summed E-state index contributed by atoms with van der Waals surface area (Å²) in [6.07, 6.45) is 0. The van der Waals surface area contributed by atoms with E-state index in [9.17, 15) is 9.59 Å². The van der Waals surface area contributed by atoms with Gasteiger partial charge in [0.25, 0.3) is 5.89 Å². The predicted molar refractivity (Wildman–Crippen MR) is 96.1 cm³/mol. The first-order valence-corrected chi connectivity index (χ1v) is 8.20. The molecule has 0 spiro atoms. The zero-order valence-corrected chi connectivity index (χ0v) is 14.3. The molecule has 0 aliphatic carbocycles.